The van der Waals surface area contributed by atoms with Crippen molar-refractivity contribution in [3.63, 3.8) is 0 Å². The summed E-state index contributed by atoms with van der Waals surface area (Å²) in [6, 6.07) is 6.55. The highest BCUT2D eigenvalue weighted by Crippen LogP contribution is 2.31. The Morgan fingerprint density at radius 1 is 1.12 bits per heavy atom. The Morgan fingerprint density at radius 2 is 1.84 bits per heavy atom. The van der Waals surface area contributed by atoms with Crippen LogP contribution in [0.1, 0.15) is 29.9 Å². The number of halogens is 5. The Kier molecular flexibility index (Phi) is 6.52. The molecule has 0 saturated heterocycles. The van der Waals surface area contributed by atoms with E-state index in [0.717, 1.165) is 24.3 Å². The third-order valence-electron chi connectivity index (χ3n) is 4.66. The Balaban J connectivity index is 1.89. The van der Waals surface area contributed by atoms with Gasteiger partial charge >= 0.3 is 6.36 Å². The molecule has 3 aromatic rings. The zero-order chi connectivity index (χ0) is 23.6. The summed E-state index contributed by atoms with van der Waals surface area (Å²) in [5, 5.41) is 0. The van der Waals surface area contributed by atoms with Gasteiger partial charge in [0, 0.05) is 31.4 Å². The summed E-state index contributed by atoms with van der Waals surface area (Å²) in [7, 11) is 1.74. The molecule has 0 atom stereocenters. The molecule has 1 aromatic heterocycles. The minimum absolute atomic E-state index is 0.0195. The van der Waals surface area contributed by atoms with Gasteiger partial charge in [0.25, 0.3) is 5.91 Å². The second-order valence-corrected chi connectivity index (χ2v) is 7.46. The highest BCUT2D eigenvalue weighted by molar-refractivity contribution is 5.92. The molecule has 5 nitrogen and oxygen atoms in total. The van der Waals surface area contributed by atoms with Gasteiger partial charge in [-0.15, -0.1) is 13.2 Å². The number of hydrogen-bond donors (Lipinski definition) is 0. The molecule has 1 amide bonds. The lowest BCUT2D eigenvalue weighted by molar-refractivity contribution is -0.275. The Morgan fingerprint density at radius 3 is 2.41 bits per heavy atom. The molecule has 0 unspecified atom stereocenters. The first kappa shape index (κ1) is 23.2. The molecule has 0 aliphatic rings. The third-order valence-corrected chi connectivity index (χ3v) is 4.66. The van der Waals surface area contributed by atoms with E-state index in [0.29, 0.717) is 5.56 Å². The lowest BCUT2D eigenvalue weighted by Crippen LogP contribution is -2.36. The van der Waals surface area contributed by atoms with Crippen molar-refractivity contribution in [1.29, 1.82) is 0 Å². The number of nitrogens with zero attached hydrogens (tertiary/aromatic N) is 3. The number of imidazole rings is 1. The van der Waals surface area contributed by atoms with E-state index in [-0.39, 0.29) is 35.3 Å². The molecule has 0 aliphatic heterocycles. The van der Waals surface area contributed by atoms with Gasteiger partial charge in [-0.3, -0.25) is 4.79 Å². The van der Waals surface area contributed by atoms with E-state index in [4.69, 9.17) is 0 Å². The van der Waals surface area contributed by atoms with E-state index in [9.17, 15) is 26.7 Å². The first-order chi connectivity index (χ1) is 14.9. The van der Waals surface area contributed by atoms with Crippen LogP contribution < -0.4 is 4.74 Å². The predicted molar refractivity (Wildman–Crippen MR) is 107 cm³/mol. The van der Waals surface area contributed by atoms with Crippen LogP contribution in [0, 0.1) is 11.6 Å². The average molecular weight is 453 g/mol. The van der Waals surface area contributed by atoms with Crippen LogP contribution in [0.2, 0.25) is 0 Å². The normalized spacial score (nSPS) is 11.7. The minimum Gasteiger partial charge on any atom is -0.403 e. The quantitative estimate of drug-likeness (QED) is 0.475. The van der Waals surface area contributed by atoms with Crippen molar-refractivity contribution in [1.82, 2.24) is 14.5 Å². The van der Waals surface area contributed by atoms with Crippen molar-refractivity contribution in [3.8, 4) is 16.9 Å². The highest BCUT2D eigenvalue weighted by Gasteiger charge is 2.32. The van der Waals surface area contributed by atoms with E-state index in [2.05, 4.69) is 9.72 Å². The lowest BCUT2D eigenvalue weighted by Gasteiger charge is -2.26. The number of hydrogen-bond acceptors (Lipinski definition) is 3. The molecule has 2 aromatic carbocycles. The molecule has 0 aliphatic carbocycles. The number of aromatic nitrogens is 2. The summed E-state index contributed by atoms with van der Waals surface area (Å²) in [4.78, 5) is 18.4. The number of alkyl halides is 3. The number of ether oxygens (including phenoxy) is 1. The van der Waals surface area contributed by atoms with E-state index in [1.807, 2.05) is 13.8 Å². The molecule has 0 radical (unpaired) electrons. The smallest absolute Gasteiger partial charge is 0.403 e. The molecule has 0 fully saturated rings. The Hall–Kier alpha value is -3.43. The van der Waals surface area contributed by atoms with Gasteiger partial charge < -0.3 is 14.2 Å². The molecule has 170 valence electrons. The maximum atomic E-state index is 14.5. The first-order valence-electron chi connectivity index (χ1n) is 9.57. The molecular weight excluding hydrogens is 433 g/mol. The van der Waals surface area contributed by atoms with Crippen molar-refractivity contribution in [2.75, 3.05) is 0 Å². The van der Waals surface area contributed by atoms with Crippen LogP contribution in [-0.4, -0.2) is 32.8 Å². The Bertz CT molecular complexity index is 1120. The average Bonchev–Trinajstić information content (AvgIpc) is 3.13. The standard InChI is InChI=1S/C22H20F5N3O2/c1-13(2)30(21(31)19-11-29(3)12-28-19)10-14-4-6-17(23)16(8-14)15-5-7-20(18(24)9-15)32-22(25,26)27/h4-9,11-13H,10H2,1-3H3. The molecule has 0 N–H and O–H groups in total. The molecular formula is C22H20F5N3O2. The van der Waals surface area contributed by atoms with Gasteiger partial charge in [-0.05, 0) is 49.2 Å². The molecule has 10 heteroatoms. The van der Waals surface area contributed by atoms with E-state index >= 15 is 0 Å². The summed E-state index contributed by atoms with van der Waals surface area (Å²) < 4.78 is 70.9. The number of carbonyl (C=O) groups is 1. The summed E-state index contributed by atoms with van der Waals surface area (Å²) in [5.74, 6) is -3.29. The fraction of sp³-hybridized carbons (Fsp3) is 0.273. The summed E-state index contributed by atoms with van der Waals surface area (Å²) in [5.41, 5.74) is 0.818. The molecule has 32 heavy (non-hydrogen) atoms. The van der Waals surface area contributed by atoms with Gasteiger partial charge in [-0.2, -0.15) is 0 Å². The van der Waals surface area contributed by atoms with Gasteiger partial charge in [0.2, 0.25) is 0 Å². The SMILES string of the molecule is CC(C)N(Cc1ccc(F)c(-c2ccc(OC(F)(F)F)c(F)c2)c1)C(=O)c1cn(C)cn1. The first-order valence-corrected chi connectivity index (χ1v) is 9.57. The van der Waals surface area contributed by atoms with Crippen LogP contribution in [0.5, 0.6) is 5.75 Å². The van der Waals surface area contributed by atoms with Crippen molar-refractivity contribution in [2.45, 2.75) is 32.8 Å². The van der Waals surface area contributed by atoms with Crippen LogP contribution in [0.3, 0.4) is 0 Å². The van der Waals surface area contributed by atoms with Crippen molar-refractivity contribution in [3.05, 3.63) is 71.8 Å². The molecule has 3 rings (SSSR count). The van der Waals surface area contributed by atoms with Gasteiger partial charge in [-0.1, -0.05) is 12.1 Å². The monoisotopic (exact) mass is 453 g/mol. The second kappa shape index (κ2) is 8.97. The van der Waals surface area contributed by atoms with E-state index in [1.165, 1.54) is 18.5 Å². The molecule has 0 spiro atoms. The lowest BCUT2D eigenvalue weighted by atomic mass is 10.0. The maximum absolute atomic E-state index is 14.5. The van der Waals surface area contributed by atoms with Crippen LogP contribution in [0.25, 0.3) is 11.1 Å². The second-order valence-electron chi connectivity index (χ2n) is 7.46. The maximum Gasteiger partial charge on any atom is 0.573 e. The number of aryl methyl sites for hydroxylation is 1. The number of carbonyl (C=O) groups excluding carboxylic acids is 1. The molecule has 0 saturated carbocycles. The number of amides is 1. The van der Waals surface area contributed by atoms with Gasteiger partial charge in [0.15, 0.2) is 11.6 Å². The van der Waals surface area contributed by atoms with E-state index < -0.39 is 23.7 Å². The molecule has 0 bridgehead atoms. The van der Waals surface area contributed by atoms with Crippen molar-refractivity contribution in [2.24, 2.45) is 7.05 Å². The van der Waals surface area contributed by atoms with Gasteiger partial charge in [0.05, 0.1) is 6.33 Å². The van der Waals surface area contributed by atoms with Crippen LogP contribution in [0.4, 0.5) is 22.0 Å². The highest BCUT2D eigenvalue weighted by atomic mass is 19.4. The van der Waals surface area contributed by atoms with Gasteiger partial charge in [-0.25, -0.2) is 13.8 Å². The summed E-state index contributed by atoms with van der Waals surface area (Å²) in [6.07, 6.45) is -1.96. The Labute approximate surface area is 181 Å². The molecule has 1 heterocycles. The van der Waals surface area contributed by atoms with Crippen LogP contribution in [0.15, 0.2) is 48.9 Å². The third kappa shape index (κ3) is 5.43. The van der Waals surface area contributed by atoms with E-state index in [1.54, 1.807) is 22.7 Å². The zero-order valence-electron chi connectivity index (χ0n) is 17.5. The summed E-state index contributed by atoms with van der Waals surface area (Å²) in [6.45, 7) is 3.76. The fourth-order valence-electron chi connectivity index (χ4n) is 3.12. The van der Waals surface area contributed by atoms with Gasteiger partial charge in [0.1, 0.15) is 11.5 Å². The zero-order valence-corrected chi connectivity index (χ0v) is 17.5. The van der Waals surface area contributed by atoms with Crippen LogP contribution >= 0.6 is 0 Å². The number of benzene rings is 2. The summed E-state index contributed by atoms with van der Waals surface area (Å²) >= 11 is 0. The largest absolute Gasteiger partial charge is 0.573 e. The number of rotatable bonds is 6. The van der Waals surface area contributed by atoms with Crippen molar-refractivity contribution < 1.29 is 31.5 Å². The van der Waals surface area contributed by atoms with Crippen molar-refractivity contribution >= 4 is 5.91 Å². The minimum atomic E-state index is -5.05. The topological polar surface area (TPSA) is 47.4 Å². The van der Waals surface area contributed by atoms with Crippen LogP contribution in [-0.2, 0) is 13.6 Å². The fourth-order valence-corrected chi connectivity index (χ4v) is 3.12. The predicted octanol–water partition coefficient (Wildman–Crippen LogP) is 5.31.